The van der Waals surface area contributed by atoms with Gasteiger partial charge in [0.05, 0.1) is 0 Å². The van der Waals surface area contributed by atoms with E-state index in [9.17, 15) is 5.26 Å². The first-order valence-corrected chi connectivity index (χ1v) is 8.61. The summed E-state index contributed by atoms with van der Waals surface area (Å²) in [7, 11) is 0. The zero-order valence-corrected chi connectivity index (χ0v) is 14.6. The Kier molecular flexibility index (Phi) is 5.73. The first-order chi connectivity index (χ1) is 12.8. The van der Waals surface area contributed by atoms with E-state index in [1.807, 2.05) is 71.6 Å². The molecule has 1 heterocycles. The SMILES string of the molecule is CCCCN(c1ccccc1)c1nc(C#N)nc(Nc2ccccc2)n1. The minimum atomic E-state index is 0.0888. The maximum atomic E-state index is 9.33. The number of benzene rings is 2. The third-order valence-electron chi connectivity index (χ3n) is 3.80. The van der Waals surface area contributed by atoms with Crippen molar-refractivity contribution in [2.24, 2.45) is 0 Å². The topological polar surface area (TPSA) is 77.7 Å². The van der Waals surface area contributed by atoms with Crippen LogP contribution in [0.4, 0.5) is 23.3 Å². The van der Waals surface area contributed by atoms with Gasteiger partial charge in [-0.1, -0.05) is 49.7 Å². The molecule has 0 amide bonds. The van der Waals surface area contributed by atoms with Gasteiger partial charge >= 0.3 is 0 Å². The second-order valence-corrected chi connectivity index (χ2v) is 5.73. The average molecular weight is 344 g/mol. The Hall–Kier alpha value is -3.46. The summed E-state index contributed by atoms with van der Waals surface area (Å²) in [6.45, 7) is 2.90. The van der Waals surface area contributed by atoms with Gasteiger partial charge in [-0.3, -0.25) is 0 Å². The second kappa shape index (κ2) is 8.58. The summed E-state index contributed by atoms with van der Waals surface area (Å²) in [5.74, 6) is 0.913. The van der Waals surface area contributed by atoms with E-state index in [0.717, 1.165) is 30.8 Å². The standard InChI is InChI=1S/C20H20N6/c1-2-3-14-26(17-12-8-5-9-13-17)20-24-18(15-21)23-19(25-20)22-16-10-6-4-7-11-16/h4-13H,2-3,14H2,1H3,(H,22,23,24,25). The van der Waals surface area contributed by atoms with E-state index < -0.39 is 0 Å². The van der Waals surface area contributed by atoms with Crippen LogP contribution in [0.2, 0.25) is 0 Å². The van der Waals surface area contributed by atoms with Gasteiger partial charge in [0.15, 0.2) is 0 Å². The fourth-order valence-electron chi connectivity index (χ4n) is 2.51. The van der Waals surface area contributed by atoms with E-state index in [2.05, 4.69) is 27.2 Å². The molecule has 3 aromatic rings. The largest absolute Gasteiger partial charge is 0.324 e. The van der Waals surface area contributed by atoms with Crippen LogP contribution in [0.25, 0.3) is 0 Å². The van der Waals surface area contributed by atoms with E-state index in [1.165, 1.54) is 0 Å². The van der Waals surface area contributed by atoms with Gasteiger partial charge in [-0.05, 0) is 30.7 Å². The normalized spacial score (nSPS) is 10.2. The number of para-hydroxylation sites is 2. The lowest BCUT2D eigenvalue weighted by molar-refractivity contribution is 0.767. The smallest absolute Gasteiger partial charge is 0.238 e. The summed E-state index contributed by atoms with van der Waals surface area (Å²) in [6, 6.07) is 21.6. The van der Waals surface area contributed by atoms with E-state index in [4.69, 9.17) is 0 Å². The van der Waals surface area contributed by atoms with Crippen LogP contribution < -0.4 is 10.2 Å². The van der Waals surface area contributed by atoms with Crippen molar-refractivity contribution in [1.82, 2.24) is 15.0 Å². The van der Waals surface area contributed by atoms with Crippen LogP contribution in [0.3, 0.4) is 0 Å². The third kappa shape index (κ3) is 4.33. The Labute approximate surface area is 153 Å². The Balaban J connectivity index is 1.98. The van der Waals surface area contributed by atoms with Gasteiger partial charge < -0.3 is 10.2 Å². The highest BCUT2D eigenvalue weighted by Crippen LogP contribution is 2.24. The fraction of sp³-hybridized carbons (Fsp3) is 0.200. The van der Waals surface area contributed by atoms with Crippen molar-refractivity contribution < 1.29 is 0 Å². The molecule has 0 unspecified atom stereocenters. The Morgan fingerprint density at radius 2 is 1.65 bits per heavy atom. The molecular weight excluding hydrogens is 324 g/mol. The van der Waals surface area contributed by atoms with Crippen molar-refractivity contribution in [1.29, 1.82) is 5.26 Å². The third-order valence-corrected chi connectivity index (χ3v) is 3.80. The van der Waals surface area contributed by atoms with E-state index in [1.54, 1.807) is 0 Å². The molecule has 0 aliphatic heterocycles. The van der Waals surface area contributed by atoms with Crippen LogP contribution in [0, 0.1) is 11.3 Å². The van der Waals surface area contributed by atoms with Gasteiger partial charge in [-0.25, -0.2) is 0 Å². The van der Waals surface area contributed by atoms with Crippen molar-refractivity contribution in [3.8, 4) is 6.07 Å². The molecule has 0 fully saturated rings. The zero-order chi connectivity index (χ0) is 18.2. The molecule has 1 N–H and O–H groups in total. The Morgan fingerprint density at radius 3 is 2.31 bits per heavy atom. The maximum absolute atomic E-state index is 9.33. The molecule has 0 aliphatic rings. The second-order valence-electron chi connectivity index (χ2n) is 5.73. The van der Waals surface area contributed by atoms with Crippen LogP contribution in [-0.2, 0) is 0 Å². The van der Waals surface area contributed by atoms with Gasteiger partial charge in [-0.2, -0.15) is 20.2 Å². The van der Waals surface area contributed by atoms with Gasteiger partial charge in [0, 0.05) is 17.9 Å². The van der Waals surface area contributed by atoms with Crippen LogP contribution >= 0.6 is 0 Å². The summed E-state index contributed by atoms with van der Waals surface area (Å²) < 4.78 is 0. The van der Waals surface area contributed by atoms with Gasteiger partial charge in [0.2, 0.25) is 17.7 Å². The lowest BCUT2D eigenvalue weighted by atomic mass is 10.2. The van der Waals surface area contributed by atoms with Crippen LogP contribution in [0.15, 0.2) is 60.7 Å². The first kappa shape index (κ1) is 17.4. The summed E-state index contributed by atoms with van der Waals surface area (Å²) in [5, 5.41) is 12.5. The summed E-state index contributed by atoms with van der Waals surface area (Å²) in [6.07, 6.45) is 2.04. The quantitative estimate of drug-likeness (QED) is 0.683. The molecule has 0 aliphatic carbocycles. The molecule has 2 aromatic carbocycles. The molecule has 3 rings (SSSR count). The number of anilines is 4. The fourth-order valence-corrected chi connectivity index (χ4v) is 2.51. The summed E-state index contributed by atoms with van der Waals surface area (Å²) in [5.41, 5.74) is 1.84. The Morgan fingerprint density at radius 1 is 0.962 bits per heavy atom. The highest BCUT2D eigenvalue weighted by molar-refractivity contribution is 5.60. The van der Waals surface area contributed by atoms with E-state index in [0.29, 0.717) is 11.9 Å². The Bertz CT molecular complexity index is 874. The minimum Gasteiger partial charge on any atom is -0.324 e. The van der Waals surface area contributed by atoms with Crippen LogP contribution in [0.5, 0.6) is 0 Å². The van der Waals surface area contributed by atoms with E-state index >= 15 is 0 Å². The number of unbranched alkanes of at least 4 members (excludes halogenated alkanes) is 1. The number of nitriles is 1. The van der Waals surface area contributed by atoms with Crippen molar-refractivity contribution in [3.63, 3.8) is 0 Å². The summed E-state index contributed by atoms with van der Waals surface area (Å²) in [4.78, 5) is 15.1. The number of nitrogens with zero attached hydrogens (tertiary/aromatic N) is 5. The molecular formula is C20H20N6. The van der Waals surface area contributed by atoms with Gasteiger partial charge in [0.1, 0.15) is 6.07 Å². The van der Waals surface area contributed by atoms with Crippen molar-refractivity contribution >= 4 is 23.3 Å². The molecule has 26 heavy (non-hydrogen) atoms. The lowest BCUT2D eigenvalue weighted by Crippen LogP contribution is -2.22. The number of hydrogen-bond donors (Lipinski definition) is 1. The number of hydrogen-bond acceptors (Lipinski definition) is 6. The molecule has 130 valence electrons. The zero-order valence-electron chi connectivity index (χ0n) is 14.6. The molecule has 1 aromatic heterocycles. The molecule has 0 atom stereocenters. The number of aromatic nitrogens is 3. The highest BCUT2D eigenvalue weighted by Gasteiger charge is 2.15. The molecule has 0 spiro atoms. The number of rotatable bonds is 7. The predicted octanol–water partition coefficient (Wildman–Crippen LogP) is 4.43. The van der Waals surface area contributed by atoms with Crippen molar-refractivity contribution in [3.05, 3.63) is 66.5 Å². The minimum absolute atomic E-state index is 0.0888. The summed E-state index contributed by atoms with van der Waals surface area (Å²) >= 11 is 0. The molecule has 6 nitrogen and oxygen atoms in total. The first-order valence-electron chi connectivity index (χ1n) is 8.61. The van der Waals surface area contributed by atoms with Crippen LogP contribution in [-0.4, -0.2) is 21.5 Å². The molecule has 0 saturated heterocycles. The highest BCUT2D eigenvalue weighted by atomic mass is 15.3. The van der Waals surface area contributed by atoms with Gasteiger partial charge in [-0.15, -0.1) is 0 Å². The van der Waals surface area contributed by atoms with E-state index in [-0.39, 0.29) is 5.82 Å². The average Bonchev–Trinajstić information content (AvgIpc) is 2.70. The van der Waals surface area contributed by atoms with Crippen molar-refractivity contribution in [2.75, 3.05) is 16.8 Å². The number of nitrogens with one attached hydrogen (secondary N) is 1. The monoisotopic (exact) mass is 344 g/mol. The predicted molar refractivity (Wildman–Crippen MR) is 103 cm³/mol. The molecule has 0 bridgehead atoms. The van der Waals surface area contributed by atoms with Crippen LogP contribution in [0.1, 0.15) is 25.6 Å². The molecule has 0 saturated carbocycles. The lowest BCUT2D eigenvalue weighted by Gasteiger charge is -2.23. The van der Waals surface area contributed by atoms with Gasteiger partial charge in [0.25, 0.3) is 0 Å². The maximum Gasteiger partial charge on any atom is 0.238 e. The molecule has 6 heteroatoms. The van der Waals surface area contributed by atoms with Crippen molar-refractivity contribution in [2.45, 2.75) is 19.8 Å². The molecule has 0 radical (unpaired) electrons.